The van der Waals surface area contributed by atoms with Crippen LogP contribution in [0.15, 0.2) is 12.1 Å². The Hall–Kier alpha value is -1.26. The Morgan fingerprint density at radius 1 is 1.25 bits per heavy atom. The predicted molar refractivity (Wildman–Crippen MR) is 60.7 cm³/mol. The molecule has 4 nitrogen and oxygen atoms in total. The molecule has 1 N–H and O–H groups in total. The Morgan fingerprint density at radius 3 is 2.50 bits per heavy atom. The second-order valence-electron chi connectivity index (χ2n) is 4.08. The van der Waals surface area contributed by atoms with E-state index in [-0.39, 0.29) is 6.73 Å². The van der Waals surface area contributed by atoms with Crippen LogP contribution in [0.25, 0.3) is 0 Å². The quantitative estimate of drug-likeness (QED) is 0.780. The second-order valence-corrected chi connectivity index (χ2v) is 4.08. The van der Waals surface area contributed by atoms with E-state index in [1.54, 1.807) is 0 Å². The Morgan fingerprint density at radius 2 is 1.88 bits per heavy atom. The summed E-state index contributed by atoms with van der Waals surface area (Å²) in [6.07, 6.45) is 0. The van der Waals surface area contributed by atoms with Gasteiger partial charge in [-0.2, -0.15) is 0 Å². The van der Waals surface area contributed by atoms with Gasteiger partial charge in [-0.15, -0.1) is 0 Å². The largest absolute Gasteiger partial charge is 0.486 e. The fourth-order valence-corrected chi connectivity index (χ4v) is 1.74. The summed E-state index contributed by atoms with van der Waals surface area (Å²) in [5.74, 6) is 1.62. The summed E-state index contributed by atoms with van der Waals surface area (Å²) >= 11 is 0. The Balaban J connectivity index is 2.25. The predicted octanol–water partition coefficient (Wildman–Crippen LogP) is 1.15. The first-order chi connectivity index (χ1) is 7.70. The minimum atomic E-state index is 0.0495. The van der Waals surface area contributed by atoms with Crippen molar-refractivity contribution in [3.05, 3.63) is 23.3 Å². The maximum Gasteiger partial charge on any atom is 0.161 e. The third kappa shape index (κ3) is 2.28. The lowest BCUT2D eigenvalue weighted by atomic mass is 10.1. The molecule has 1 aliphatic heterocycles. The van der Waals surface area contributed by atoms with Gasteiger partial charge < -0.3 is 14.6 Å². The minimum absolute atomic E-state index is 0.0495. The average molecular weight is 223 g/mol. The van der Waals surface area contributed by atoms with Gasteiger partial charge in [-0.3, -0.25) is 4.90 Å². The summed E-state index contributed by atoms with van der Waals surface area (Å²) in [6, 6.07) is 3.99. The van der Waals surface area contributed by atoms with Crippen molar-refractivity contribution in [2.75, 3.05) is 27.0 Å². The van der Waals surface area contributed by atoms with E-state index in [0.29, 0.717) is 19.8 Å². The van der Waals surface area contributed by atoms with E-state index in [1.165, 1.54) is 0 Å². The number of hydrogen-bond donors (Lipinski definition) is 1. The van der Waals surface area contributed by atoms with Crippen LogP contribution < -0.4 is 9.47 Å². The smallest absolute Gasteiger partial charge is 0.161 e. The highest BCUT2D eigenvalue weighted by Gasteiger charge is 2.14. The zero-order valence-electron chi connectivity index (χ0n) is 9.69. The summed E-state index contributed by atoms with van der Waals surface area (Å²) in [7, 11) is 1.87. The number of aliphatic hydroxyl groups is 1. The van der Waals surface area contributed by atoms with Crippen LogP contribution in [0.4, 0.5) is 0 Å². The zero-order valence-corrected chi connectivity index (χ0v) is 9.69. The van der Waals surface area contributed by atoms with Crippen molar-refractivity contribution >= 4 is 0 Å². The standard InChI is InChI=1S/C12H17NO3/c1-9-5-11-12(16-4-3-15-11)6-10(9)7-13(2)8-14/h5-6,14H,3-4,7-8H2,1-2H3. The van der Waals surface area contributed by atoms with Gasteiger partial charge in [-0.25, -0.2) is 0 Å². The van der Waals surface area contributed by atoms with Gasteiger partial charge in [0.1, 0.15) is 13.2 Å². The second kappa shape index (κ2) is 4.72. The van der Waals surface area contributed by atoms with Crippen LogP contribution in [-0.4, -0.2) is 37.0 Å². The number of hydrogen-bond acceptors (Lipinski definition) is 4. The van der Waals surface area contributed by atoms with Crippen molar-refractivity contribution in [3.8, 4) is 11.5 Å². The van der Waals surface area contributed by atoms with Crippen molar-refractivity contribution < 1.29 is 14.6 Å². The summed E-state index contributed by atoms with van der Waals surface area (Å²) in [5, 5.41) is 9.00. The number of aryl methyl sites for hydroxylation is 1. The maximum absolute atomic E-state index is 9.00. The van der Waals surface area contributed by atoms with Crippen molar-refractivity contribution in [2.24, 2.45) is 0 Å². The van der Waals surface area contributed by atoms with E-state index in [9.17, 15) is 0 Å². The molecular weight excluding hydrogens is 206 g/mol. The van der Waals surface area contributed by atoms with Crippen LogP contribution in [0, 0.1) is 6.92 Å². The molecule has 0 unspecified atom stereocenters. The van der Waals surface area contributed by atoms with Gasteiger partial charge in [0.15, 0.2) is 11.5 Å². The molecule has 0 aliphatic carbocycles. The van der Waals surface area contributed by atoms with Crippen molar-refractivity contribution in [1.29, 1.82) is 0 Å². The molecule has 16 heavy (non-hydrogen) atoms. The van der Waals surface area contributed by atoms with Crippen molar-refractivity contribution in [3.63, 3.8) is 0 Å². The van der Waals surface area contributed by atoms with E-state index in [0.717, 1.165) is 22.6 Å². The summed E-state index contributed by atoms with van der Waals surface area (Å²) in [5.41, 5.74) is 2.31. The first-order valence-electron chi connectivity index (χ1n) is 5.39. The molecule has 0 fully saturated rings. The molecule has 1 aromatic carbocycles. The van der Waals surface area contributed by atoms with E-state index < -0.39 is 0 Å². The van der Waals surface area contributed by atoms with Gasteiger partial charge in [-0.05, 0) is 37.2 Å². The topological polar surface area (TPSA) is 41.9 Å². The zero-order chi connectivity index (χ0) is 11.5. The van der Waals surface area contributed by atoms with Crippen molar-refractivity contribution in [1.82, 2.24) is 4.90 Å². The summed E-state index contributed by atoms with van der Waals surface area (Å²) in [4.78, 5) is 1.83. The number of fused-ring (bicyclic) bond motifs is 1. The van der Waals surface area contributed by atoms with Gasteiger partial charge >= 0.3 is 0 Å². The van der Waals surface area contributed by atoms with Crippen molar-refractivity contribution in [2.45, 2.75) is 13.5 Å². The molecule has 0 amide bonds. The monoisotopic (exact) mass is 223 g/mol. The molecule has 1 heterocycles. The van der Waals surface area contributed by atoms with Crippen LogP contribution in [0.5, 0.6) is 11.5 Å². The molecule has 0 atom stereocenters. The van der Waals surface area contributed by atoms with Gasteiger partial charge in [0, 0.05) is 6.54 Å². The molecule has 0 aromatic heterocycles. The highest BCUT2D eigenvalue weighted by atomic mass is 16.6. The first-order valence-corrected chi connectivity index (χ1v) is 5.39. The van der Waals surface area contributed by atoms with Crippen LogP contribution in [-0.2, 0) is 6.54 Å². The fourth-order valence-electron chi connectivity index (χ4n) is 1.74. The summed E-state index contributed by atoms with van der Waals surface area (Å²) in [6.45, 7) is 4.01. The average Bonchev–Trinajstić information content (AvgIpc) is 2.30. The van der Waals surface area contributed by atoms with E-state index in [2.05, 4.69) is 0 Å². The third-order valence-corrected chi connectivity index (χ3v) is 2.68. The van der Waals surface area contributed by atoms with Crippen LogP contribution in [0.3, 0.4) is 0 Å². The number of benzene rings is 1. The van der Waals surface area contributed by atoms with Gasteiger partial charge in [-0.1, -0.05) is 0 Å². The van der Waals surface area contributed by atoms with Crippen LogP contribution >= 0.6 is 0 Å². The SMILES string of the molecule is Cc1cc2c(cc1CN(C)CO)OCCO2. The Kier molecular flexibility index (Phi) is 3.31. The molecule has 0 saturated heterocycles. The molecule has 0 saturated carbocycles. The lowest BCUT2D eigenvalue weighted by molar-refractivity contribution is 0.126. The van der Waals surface area contributed by atoms with Gasteiger partial charge in [0.25, 0.3) is 0 Å². The summed E-state index contributed by atoms with van der Waals surface area (Å²) < 4.78 is 11.0. The molecule has 1 aromatic rings. The Labute approximate surface area is 95.4 Å². The van der Waals surface area contributed by atoms with Gasteiger partial charge in [0.2, 0.25) is 0 Å². The third-order valence-electron chi connectivity index (χ3n) is 2.68. The molecule has 0 bridgehead atoms. The molecule has 0 radical (unpaired) electrons. The minimum Gasteiger partial charge on any atom is -0.486 e. The molecule has 4 heteroatoms. The van der Waals surface area contributed by atoms with E-state index in [1.807, 2.05) is 31.0 Å². The lowest BCUT2D eigenvalue weighted by Crippen LogP contribution is -2.20. The molecule has 0 spiro atoms. The van der Waals surface area contributed by atoms with E-state index in [4.69, 9.17) is 14.6 Å². The van der Waals surface area contributed by atoms with Crippen LogP contribution in [0.1, 0.15) is 11.1 Å². The highest BCUT2D eigenvalue weighted by molar-refractivity contribution is 5.47. The lowest BCUT2D eigenvalue weighted by Gasteiger charge is -2.21. The number of ether oxygens (including phenoxy) is 2. The number of aliphatic hydroxyl groups excluding tert-OH is 1. The molecular formula is C12H17NO3. The fraction of sp³-hybridized carbons (Fsp3) is 0.500. The van der Waals surface area contributed by atoms with Gasteiger partial charge in [0.05, 0.1) is 6.73 Å². The molecule has 88 valence electrons. The first kappa shape index (κ1) is 11.2. The van der Waals surface area contributed by atoms with Crippen LogP contribution in [0.2, 0.25) is 0 Å². The molecule has 1 aliphatic rings. The molecule has 2 rings (SSSR count). The highest BCUT2D eigenvalue weighted by Crippen LogP contribution is 2.33. The number of rotatable bonds is 3. The van der Waals surface area contributed by atoms with E-state index >= 15 is 0 Å². The number of nitrogens with zero attached hydrogens (tertiary/aromatic N) is 1. The normalized spacial score (nSPS) is 14.2. The maximum atomic E-state index is 9.00. The Bertz CT molecular complexity index is 379.